The van der Waals surface area contributed by atoms with Gasteiger partial charge in [0, 0.05) is 11.4 Å². The van der Waals surface area contributed by atoms with E-state index in [-0.39, 0.29) is 18.2 Å². The third-order valence-electron chi connectivity index (χ3n) is 3.75. The van der Waals surface area contributed by atoms with Gasteiger partial charge in [0.05, 0.1) is 17.1 Å². The minimum Gasteiger partial charge on any atom is -0.462 e. The molecule has 0 saturated carbocycles. The number of ether oxygens (including phenoxy) is 1. The van der Waals surface area contributed by atoms with Gasteiger partial charge in [-0.3, -0.25) is 10.1 Å². The molecule has 0 aliphatic carbocycles. The molecule has 29 heavy (non-hydrogen) atoms. The van der Waals surface area contributed by atoms with Crippen LogP contribution < -0.4 is 10.6 Å². The SMILES string of the molecule is CCOC(=O)c1cccc(Nc2ncnc(Nc3ccc(F)cc3)c2[N+](=O)[O-])c1. The van der Waals surface area contributed by atoms with E-state index in [9.17, 15) is 19.3 Å². The molecular formula is C19H16FN5O4. The Labute approximate surface area is 164 Å². The number of hydrogen-bond donors (Lipinski definition) is 2. The van der Waals surface area contributed by atoms with Crippen LogP contribution in [0.25, 0.3) is 0 Å². The molecule has 1 aromatic heterocycles. The zero-order valence-corrected chi connectivity index (χ0v) is 15.3. The maximum absolute atomic E-state index is 13.1. The van der Waals surface area contributed by atoms with E-state index < -0.39 is 22.4 Å². The van der Waals surface area contributed by atoms with Crippen molar-refractivity contribution in [3.8, 4) is 0 Å². The number of nitro groups is 1. The van der Waals surface area contributed by atoms with Gasteiger partial charge in [-0.05, 0) is 49.4 Å². The van der Waals surface area contributed by atoms with E-state index in [2.05, 4.69) is 20.6 Å². The molecule has 0 atom stereocenters. The van der Waals surface area contributed by atoms with Gasteiger partial charge in [0.2, 0.25) is 11.6 Å². The first-order valence-corrected chi connectivity index (χ1v) is 8.54. The molecule has 0 bridgehead atoms. The summed E-state index contributed by atoms with van der Waals surface area (Å²) in [5, 5.41) is 17.3. The number of carbonyl (C=O) groups excluding carboxylic acids is 1. The van der Waals surface area contributed by atoms with Crippen LogP contribution in [0.3, 0.4) is 0 Å². The Morgan fingerprint density at radius 3 is 2.38 bits per heavy atom. The number of rotatable bonds is 7. The Kier molecular flexibility index (Phi) is 5.93. The molecule has 0 aliphatic heterocycles. The number of aromatic nitrogens is 2. The van der Waals surface area contributed by atoms with Gasteiger partial charge in [-0.25, -0.2) is 19.2 Å². The van der Waals surface area contributed by atoms with Crippen LogP contribution in [0.5, 0.6) is 0 Å². The standard InChI is InChI=1S/C19H16FN5O4/c1-2-29-19(26)12-4-3-5-15(10-12)24-18-16(25(27)28)17(21-11-22-18)23-14-8-6-13(20)7-9-14/h3-11H,2H2,1H3,(H2,21,22,23,24). The van der Waals surface area contributed by atoms with Crippen LogP contribution in [0.1, 0.15) is 17.3 Å². The summed E-state index contributed by atoms with van der Waals surface area (Å²) >= 11 is 0. The van der Waals surface area contributed by atoms with Crippen LogP contribution in [0, 0.1) is 15.9 Å². The molecule has 0 amide bonds. The first kappa shape index (κ1) is 19.7. The van der Waals surface area contributed by atoms with Crippen molar-refractivity contribution in [1.29, 1.82) is 0 Å². The van der Waals surface area contributed by atoms with Gasteiger partial charge in [-0.2, -0.15) is 0 Å². The van der Waals surface area contributed by atoms with Crippen molar-refractivity contribution in [2.45, 2.75) is 6.92 Å². The molecule has 1 heterocycles. The molecule has 0 spiro atoms. The highest BCUT2D eigenvalue weighted by Gasteiger charge is 2.23. The normalized spacial score (nSPS) is 10.3. The summed E-state index contributed by atoms with van der Waals surface area (Å²) in [6, 6.07) is 11.6. The first-order valence-electron chi connectivity index (χ1n) is 8.54. The van der Waals surface area contributed by atoms with Crippen LogP contribution in [-0.4, -0.2) is 27.5 Å². The van der Waals surface area contributed by atoms with E-state index in [1.54, 1.807) is 25.1 Å². The first-order chi connectivity index (χ1) is 14.0. The smallest absolute Gasteiger partial charge is 0.353 e. The van der Waals surface area contributed by atoms with E-state index in [1.165, 1.54) is 30.3 Å². The molecule has 0 unspecified atom stereocenters. The number of halogens is 1. The highest BCUT2D eigenvalue weighted by molar-refractivity contribution is 5.91. The van der Waals surface area contributed by atoms with Crippen LogP contribution in [0.15, 0.2) is 54.9 Å². The summed E-state index contributed by atoms with van der Waals surface area (Å²) in [5.74, 6) is -1.08. The second-order valence-electron chi connectivity index (χ2n) is 5.73. The molecule has 0 radical (unpaired) electrons. The summed E-state index contributed by atoms with van der Waals surface area (Å²) in [5.41, 5.74) is 0.713. The topological polar surface area (TPSA) is 119 Å². The van der Waals surface area contributed by atoms with Gasteiger partial charge < -0.3 is 15.4 Å². The molecule has 3 aromatic rings. The Bertz CT molecular complexity index is 1040. The maximum Gasteiger partial charge on any atom is 0.353 e. The number of anilines is 4. The third-order valence-corrected chi connectivity index (χ3v) is 3.75. The fourth-order valence-electron chi connectivity index (χ4n) is 2.48. The Balaban J connectivity index is 1.92. The summed E-state index contributed by atoms with van der Waals surface area (Å²) in [6.45, 7) is 1.92. The molecule has 10 heteroatoms. The third kappa shape index (κ3) is 4.80. The summed E-state index contributed by atoms with van der Waals surface area (Å²) in [7, 11) is 0. The Morgan fingerprint density at radius 1 is 1.10 bits per heavy atom. The number of esters is 1. The average Bonchev–Trinajstić information content (AvgIpc) is 2.70. The van der Waals surface area contributed by atoms with Crippen molar-refractivity contribution >= 4 is 34.7 Å². The number of carbonyl (C=O) groups is 1. The van der Waals surface area contributed by atoms with Gasteiger partial charge in [-0.15, -0.1) is 0 Å². The molecule has 0 fully saturated rings. The molecule has 0 saturated heterocycles. The van der Waals surface area contributed by atoms with E-state index in [1.807, 2.05) is 0 Å². The Morgan fingerprint density at radius 2 is 1.76 bits per heavy atom. The van der Waals surface area contributed by atoms with Crippen molar-refractivity contribution < 1.29 is 18.8 Å². The minimum atomic E-state index is -0.636. The average molecular weight is 397 g/mol. The van der Waals surface area contributed by atoms with Crippen LogP contribution in [-0.2, 0) is 4.74 Å². The van der Waals surface area contributed by atoms with Crippen LogP contribution in [0.2, 0.25) is 0 Å². The predicted molar refractivity (Wildman–Crippen MR) is 104 cm³/mol. The number of nitrogens with one attached hydrogen (secondary N) is 2. The van der Waals surface area contributed by atoms with Crippen LogP contribution >= 0.6 is 0 Å². The molecule has 3 rings (SSSR count). The number of benzene rings is 2. The van der Waals surface area contributed by atoms with E-state index in [4.69, 9.17) is 4.74 Å². The molecule has 0 aliphatic rings. The monoisotopic (exact) mass is 397 g/mol. The maximum atomic E-state index is 13.1. The molecule has 2 aromatic carbocycles. The lowest BCUT2D eigenvalue weighted by molar-refractivity contribution is -0.383. The van der Waals surface area contributed by atoms with Crippen LogP contribution in [0.4, 0.5) is 33.1 Å². The van der Waals surface area contributed by atoms with Gasteiger partial charge in [0.25, 0.3) is 0 Å². The minimum absolute atomic E-state index is 0.0688. The fraction of sp³-hybridized carbons (Fsp3) is 0.105. The summed E-state index contributed by atoms with van der Waals surface area (Å²) < 4.78 is 18.0. The second-order valence-corrected chi connectivity index (χ2v) is 5.73. The highest BCUT2D eigenvalue weighted by atomic mass is 19.1. The van der Waals surface area contributed by atoms with Gasteiger partial charge in [0.1, 0.15) is 12.1 Å². The van der Waals surface area contributed by atoms with Gasteiger partial charge in [-0.1, -0.05) is 6.07 Å². The predicted octanol–water partition coefficient (Wildman–Crippen LogP) is 4.19. The molecule has 9 nitrogen and oxygen atoms in total. The van der Waals surface area contributed by atoms with Crippen molar-refractivity contribution in [3.05, 3.63) is 76.4 Å². The number of hydrogen-bond acceptors (Lipinski definition) is 8. The van der Waals surface area contributed by atoms with Crippen molar-refractivity contribution in [2.24, 2.45) is 0 Å². The lowest BCUT2D eigenvalue weighted by Crippen LogP contribution is -2.07. The fourth-order valence-corrected chi connectivity index (χ4v) is 2.48. The second kappa shape index (κ2) is 8.74. The van der Waals surface area contributed by atoms with Gasteiger partial charge in [0.15, 0.2) is 0 Å². The lowest BCUT2D eigenvalue weighted by atomic mass is 10.2. The largest absolute Gasteiger partial charge is 0.462 e. The van der Waals surface area contributed by atoms with E-state index in [0.29, 0.717) is 16.9 Å². The molecule has 2 N–H and O–H groups in total. The van der Waals surface area contributed by atoms with E-state index in [0.717, 1.165) is 6.33 Å². The van der Waals surface area contributed by atoms with E-state index >= 15 is 0 Å². The van der Waals surface area contributed by atoms with Gasteiger partial charge >= 0.3 is 11.7 Å². The van der Waals surface area contributed by atoms with Crippen molar-refractivity contribution in [1.82, 2.24) is 9.97 Å². The summed E-state index contributed by atoms with van der Waals surface area (Å²) in [6.07, 6.45) is 1.15. The molecular weight excluding hydrogens is 381 g/mol. The zero-order valence-electron chi connectivity index (χ0n) is 15.3. The zero-order chi connectivity index (χ0) is 20.8. The summed E-state index contributed by atoms with van der Waals surface area (Å²) in [4.78, 5) is 30.8. The lowest BCUT2D eigenvalue weighted by Gasteiger charge is -2.11. The quantitative estimate of drug-likeness (QED) is 0.346. The molecule has 148 valence electrons. The number of nitrogens with zero attached hydrogens (tertiary/aromatic N) is 3. The Hall–Kier alpha value is -4.08. The van der Waals surface area contributed by atoms with Crippen molar-refractivity contribution in [2.75, 3.05) is 17.2 Å². The highest BCUT2D eigenvalue weighted by Crippen LogP contribution is 2.33. The van der Waals surface area contributed by atoms with Crippen molar-refractivity contribution in [3.63, 3.8) is 0 Å².